The van der Waals surface area contributed by atoms with Gasteiger partial charge in [-0.2, -0.15) is 0 Å². The number of aliphatic hydroxyl groups excluding tert-OH is 1. The molecule has 0 spiro atoms. The number of unbranched alkanes of at least 4 members (excludes halogenated alkanes) is 1. The van der Waals surface area contributed by atoms with Gasteiger partial charge in [0.05, 0.1) is 6.10 Å². The molecule has 0 saturated heterocycles. The predicted octanol–water partition coefficient (Wildman–Crippen LogP) is 3.43. The number of aryl methyl sites for hydroxylation is 1. The van der Waals surface area contributed by atoms with Crippen LogP contribution in [-0.4, -0.2) is 22.3 Å². The standard InChI is InChI=1S/C18H24O3/c19-17-12-11-15(13-18(20)21)16(17)10-6-2-5-9-14-7-3-1-4-8-14/h1,3-4,6-8,10,15-17,19H,2,5,9,11-13H2,(H,20,21)/b10-6+/t15-,16?,17-/m1/s1. The van der Waals surface area contributed by atoms with E-state index in [9.17, 15) is 9.90 Å². The molecule has 0 aliphatic heterocycles. The minimum absolute atomic E-state index is 0.0119. The fourth-order valence-corrected chi connectivity index (χ4v) is 3.15. The maximum absolute atomic E-state index is 10.8. The molecule has 1 saturated carbocycles. The number of hydrogen-bond acceptors (Lipinski definition) is 2. The second-order valence-corrected chi connectivity index (χ2v) is 5.89. The second-order valence-electron chi connectivity index (χ2n) is 5.89. The summed E-state index contributed by atoms with van der Waals surface area (Å²) in [6.07, 6.45) is 8.56. The average Bonchev–Trinajstić information content (AvgIpc) is 2.80. The number of aliphatic hydroxyl groups is 1. The van der Waals surface area contributed by atoms with Gasteiger partial charge in [0.15, 0.2) is 0 Å². The van der Waals surface area contributed by atoms with Crippen LogP contribution < -0.4 is 0 Å². The molecule has 3 nitrogen and oxygen atoms in total. The Kier molecular flexibility index (Phi) is 6.00. The van der Waals surface area contributed by atoms with Crippen LogP contribution in [0.2, 0.25) is 0 Å². The van der Waals surface area contributed by atoms with E-state index in [2.05, 4.69) is 30.3 Å². The van der Waals surface area contributed by atoms with Gasteiger partial charge < -0.3 is 10.2 Å². The first-order valence-corrected chi connectivity index (χ1v) is 7.77. The molecule has 21 heavy (non-hydrogen) atoms. The summed E-state index contributed by atoms with van der Waals surface area (Å²) in [5.41, 5.74) is 1.34. The van der Waals surface area contributed by atoms with Gasteiger partial charge >= 0.3 is 5.97 Å². The Labute approximate surface area is 126 Å². The van der Waals surface area contributed by atoms with Crippen molar-refractivity contribution < 1.29 is 15.0 Å². The Hall–Kier alpha value is -1.61. The lowest BCUT2D eigenvalue weighted by atomic mass is 9.91. The van der Waals surface area contributed by atoms with Crippen molar-refractivity contribution >= 4 is 5.97 Å². The molecule has 1 aromatic carbocycles. The van der Waals surface area contributed by atoms with Crippen molar-refractivity contribution in [2.45, 2.75) is 44.6 Å². The monoisotopic (exact) mass is 288 g/mol. The smallest absolute Gasteiger partial charge is 0.303 e. The zero-order valence-corrected chi connectivity index (χ0v) is 12.3. The first-order chi connectivity index (χ1) is 10.2. The van der Waals surface area contributed by atoms with Crippen LogP contribution in [0.4, 0.5) is 0 Å². The lowest BCUT2D eigenvalue weighted by Crippen LogP contribution is -2.19. The van der Waals surface area contributed by atoms with E-state index in [-0.39, 0.29) is 24.4 Å². The average molecular weight is 288 g/mol. The Balaban J connectivity index is 1.75. The van der Waals surface area contributed by atoms with Crippen LogP contribution in [0.1, 0.15) is 37.7 Å². The number of allylic oxidation sites excluding steroid dienone is 1. The van der Waals surface area contributed by atoms with Crippen molar-refractivity contribution in [3.8, 4) is 0 Å². The number of aliphatic carboxylic acids is 1. The first-order valence-electron chi connectivity index (χ1n) is 7.77. The van der Waals surface area contributed by atoms with E-state index < -0.39 is 5.97 Å². The topological polar surface area (TPSA) is 57.5 Å². The lowest BCUT2D eigenvalue weighted by molar-refractivity contribution is -0.138. The minimum atomic E-state index is -0.767. The largest absolute Gasteiger partial charge is 0.481 e. The highest BCUT2D eigenvalue weighted by molar-refractivity contribution is 5.67. The minimum Gasteiger partial charge on any atom is -0.481 e. The van der Waals surface area contributed by atoms with Crippen molar-refractivity contribution in [3.05, 3.63) is 48.0 Å². The van der Waals surface area contributed by atoms with E-state index in [1.54, 1.807) is 0 Å². The molecule has 2 N–H and O–H groups in total. The third-order valence-electron chi connectivity index (χ3n) is 4.30. The normalized spacial score (nSPS) is 25.5. The second kappa shape index (κ2) is 7.99. The Morgan fingerprint density at radius 2 is 2.00 bits per heavy atom. The number of rotatable bonds is 7. The fourth-order valence-electron chi connectivity index (χ4n) is 3.15. The third kappa shape index (κ3) is 5.01. The number of carboxylic acid groups (broad SMARTS) is 1. The molecule has 0 radical (unpaired) electrons. The number of carboxylic acids is 1. The van der Waals surface area contributed by atoms with E-state index in [4.69, 9.17) is 5.11 Å². The van der Waals surface area contributed by atoms with Crippen LogP contribution in [0.5, 0.6) is 0 Å². The number of carbonyl (C=O) groups is 1. The van der Waals surface area contributed by atoms with Crippen LogP contribution >= 0.6 is 0 Å². The molecule has 1 fully saturated rings. The van der Waals surface area contributed by atoms with Crippen molar-refractivity contribution in [1.82, 2.24) is 0 Å². The zero-order valence-electron chi connectivity index (χ0n) is 12.3. The van der Waals surface area contributed by atoms with Crippen LogP contribution in [0.25, 0.3) is 0 Å². The highest BCUT2D eigenvalue weighted by Gasteiger charge is 2.34. The van der Waals surface area contributed by atoms with Gasteiger partial charge in [0.25, 0.3) is 0 Å². The molecule has 0 aromatic heterocycles. The lowest BCUT2D eigenvalue weighted by Gasteiger charge is -2.16. The molecule has 114 valence electrons. The molecule has 1 aliphatic carbocycles. The summed E-state index contributed by atoms with van der Waals surface area (Å²) in [7, 11) is 0. The molecule has 0 heterocycles. The Morgan fingerprint density at radius 1 is 1.24 bits per heavy atom. The Bertz CT molecular complexity index is 467. The van der Waals surface area contributed by atoms with Gasteiger partial charge in [0.2, 0.25) is 0 Å². The van der Waals surface area contributed by atoms with Crippen molar-refractivity contribution in [2.75, 3.05) is 0 Å². The molecular formula is C18H24O3. The molecule has 3 heteroatoms. The van der Waals surface area contributed by atoms with Gasteiger partial charge in [0, 0.05) is 12.3 Å². The number of hydrogen-bond donors (Lipinski definition) is 2. The number of benzene rings is 1. The van der Waals surface area contributed by atoms with Gasteiger partial charge in [-0.25, -0.2) is 0 Å². The summed E-state index contributed by atoms with van der Waals surface area (Å²) in [6, 6.07) is 10.4. The van der Waals surface area contributed by atoms with Crippen LogP contribution in [-0.2, 0) is 11.2 Å². The summed E-state index contributed by atoms with van der Waals surface area (Å²) in [5, 5.41) is 18.9. The maximum Gasteiger partial charge on any atom is 0.303 e. The van der Waals surface area contributed by atoms with Gasteiger partial charge in [0.1, 0.15) is 0 Å². The molecule has 1 aromatic rings. The molecule has 0 bridgehead atoms. The third-order valence-corrected chi connectivity index (χ3v) is 4.30. The Morgan fingerprint density at radius 3 is 2.71 bits per heavy atom. The first kappa shape index (κ1) is 15.8. The highest BCUT2D eigenvalue weighted by atomic mass is 16.4. The summed E-state index contributed by atoms with van der Waals surface area (Å²) in [6.45, 7) is 0. The van der Waals surface area contributed by atoms with Gasteiger partial charge in [-0.15, -0.1) is 0 Å². The summed E-state index contributed by atoms with van der Waals surface area (Å²) in [4.78, 5) is 10.8. The van der Waals surface area contributed by atoms with E-state index in [1.807, 2.05) is 12.1 Å². The van der Waals surface area contributed by atoms with Gasteiger partial charge in [-0.3, -0.25) is 4.79 Å². The zero-order chi connectivity index (χ0) is 15.1. The van der Waals surface area contributed by atoms with E-state index in [0.717, 1.165) is 32.1 Å². The molecule has 2 rings (SSSR count). The van der Waals surface area contributed by atoms with E-state index >= 15 is 0 Å². The van der Waals surface area contributed by atoms with Crippen LogP contribution in [0, 0.1) is 11.8 Å². The van der Waals surface area contributed by atoms with Gasteiger partial charge in [-0.05, 0) is 43.6 Å². The molecule has 3 atom stereocenters. The molecule has 1 unspecified atom stereocenters. The molecule has 0 amide bonds. The summed E-state index contributed by atoms with van der Waals surface area (Å²) >= 11 is 0. The molecule has 1 aliphatic rings. The SMILES string of the molecule is O=C(O)C[C@H]1CC[C@@H](O)C1/C=C/CCCc1ccccc1. The quantitative estimate of drug-likeness (QED) is 0.597. The fraction of sp³-hybridized carbons (Fsp3) is 0.500. The summed E-state index contributed by atoms with van der Waals surface area (Å²) < 4.78 is 0. The predicted molar refractivity (Wildman–Crippen MR) is 83.0 cm³/mol. The van der Waals surface area contributed by atoms with Crippen LogP contribution in [0.3, 0.4) is 0 Å². The van der Waals surface area contributed by atoms with Gasteiger partial charge in [-0.1, -0.05) is 42.5 Å². The summed E-state index contributed by atoms with van der Waals surface area (Å²) in [5.74, 6) is -0.669. The van der Waals surface area contributed by atoms with E-state index in [0.29, 0.717) is 0 Å². The van der Waals surface area contributed by atoms with E-state index in [1.165, 1.54) is 5.56 Å². The maximum atomic E-state index is 10.8. The van der Waals surface area contributed by atoms with Crippen LogP contribution in [0.15, 0.2) is 42.5 Å². The van der Waals surface area contributed by atoms with Crippen molar-refractivity contribution in [1.29, 1.82) is 0 Å². The molecular weight excluding hydrogens is 264 g/mol. The van der Waals surface area contributed by atoms with Crippen molar-refractivity contribution in [3.63, 3.8) is 0 Å². The van der Waals surface area contributed by atoms with Crippen molar-refractivity contribution in [2.24, 2.45) is 11.8 Å². The highest BCUT2D eigenvalue weighted by Crippen LogP contribution is 2.35.